The van der Waals surface area contributed by atoms with Crippen molar-refractivity contribution in [2.24, 2.45) is 0 Å². The Labute approximate surface area is 237 Å². The van der Waals surface area contributed by atoms with Gasteiger partial charge in [-0.2, -0.15) is 9.97 Å². The van der Waals surface area contributed by atoms with Crippen LogP contribution >= 0.6 is 0 Å². The van der Waals surface area contributed by atoms with Gasteiger partial charge < -0.3 is 15.0 Å². The molecule has 1 N–H and O–H groups in total. The van der Waals surface area contributed by atoms with Crippen LogP contribution in [0.3, 0.4) is 0 Å². The zero-order valence-corrected chi connectivity index (χ0v) is 22.9. The number of pyridine rings is 1. The Balaban J connectivity index is 1.35. The summed E-state index contributed by atoms with van der Waals surface area (Å²) in [5, 5.41) is 5.62. The molecule has 3 saturated heterocycles. The summed E-state index contributed by atoms with van der Waals surface area (Å²) in [5.41, 5.74) is 1.25. The standard InChI is InChI=1S/C32H32F2N6O/c1-2-21-7-3-8-22-9-4-10-24(26(21)22)28-27(34)29-25(18-36-28)30(39-14-6-12-35-13-16-39)38-31(37-29)41-20-32-11-5-15-40(32)19-23(33)17-32/h1,3-4,7-10,18,23,35H,5-6,11-17,19-20H2/t23-,32?/m1/s1. The number of halogens is 2. The first-order valence-corrected chi connectivity index (χ1v) is 14.4. The third-order valence-corrected chi connectivity index (χ3v) is 8.83. The third-order valence-electron chi connectivity index (χ3n) is 8.83. The van der Waals surface area contributed by atoms with E-state index >= 15 is 4.39 Å². The third kappa shape index (κ3) is 4.55. The lowest BCUT2D eigenvalue weighted by atomic mass is 9.95. The Morgan fingerprint density at radius 3 is 2.85 bits per heavy atom. The predicted molar refractivity (Wildman–Crippen MR) is 156 cm³/mol. The second-order valence-corrected chi connectivity index (χ2v) is 11.3. The molecule has 7 rings (SSSR count). The second-order valence-electron chi connectivity index (χ2n) is 11.3. The highest BCUT2D eigenvalue weighted by Crippen LogP contribution is 2.41. The van der Waals surface area contributed by atoms with Gasteiger partial charge in [-0.05, 0) is 43.8 Å². The summed E-state index contributed by atoms with van der Waals surface area (Å²) in [4.78, 5) is 18.3. The van der Waals surface area contributed by atoms with Crippen molar-refractivity contribution in [1.29, 1.82) is 0 Å². The van der Waals surface area contributed by atoms with Gasteiger partial charge in [-0.1, -0.05) is 36.3 Å². The van der Waals surface area contributed by atoms with E-state index in [0.29, 0.717) is 41.8 Å². The fraction of sp³-hybridized carbons (Fsp3) is 0.406. The summed E-state index contributed by atoms with van der Waals surface area (Å²) in [7, 11) is 0. The lowest BCUT2D eigenvalue weighted by Crippen LogP contribution is -2.43. The van der Waals surface area contributed by atoms with E-state index < -0.39 is 12.0 Å². The van der Waals surface area contributed by atoms with Crippen molar-refractivity contribution in [2.45, 2.75) is 37.4 Å². The zero-order chi connectivity index (χ0) is 28.0. The highest BCUT2D eigenvalue weighted by atomic mass is 19.1. The first-order chi connectivity index (χ1) is 20.1. The minimum Gasteiger partial charge on any atom is -0.461 e. The highest BCUT2D eigenvalue weighted by Gasteiger charge is 2.49. The number of nitrogens with one attached hydrogen (secondary N) is 1. The number of hydrogen-bond donors (Lipinski definition) is 1. The summed E-state index contributed by atoms with van der Waals surface area (Å²) in [6.45, 7) is 4.74. The molecule has 4 aromatic rings. The molecule has 0 bridgehead atoms. The molecule has 41 heavy (non-hydrogen) atoms. The summed E-state index contributed by atoms with van der Waals surface area (Å²) in [6.07, 6.45) is 9.85. The highest BCUT2D eigenvalue weighted by molar-refractivity contribution is 6.01. The topological polar surface area (TPSA) is 66.4 Å². The van der Waals surface area contributed by atoms with Crippen LogP contribution in [0.5, 0.6) is 6.01 Å². The SMILES string of the molecule is C#Cc1cccc2cccc(-c3ncc4c(N5CCCNCC5)nc(OCC56CCCN5C[C@H](F)C6)nc4c3F)c12. The van der Waals surface area contributed by atoms with E-state index in [4.69, 9.17) is 16.1 Å². The molecule has 2 atom stereocenters. The first-order valence-electron chi connectivity index (χ1n) is 14.4. The number of aromatic nitrogens is 3. The fourth-order valence-corrected chi connectivity index (χ4v) is 6.88. The first kappa shape index (κ1) is 26.1. The molecule has 9 heteroatoms. The number of anilines is 1. The molecule has 3 aliphatic heterocycles. The average Bonchev–Trinajstić information content (AvgIpc) is 3.37. The van der Waals surface area contributed by atoms with E-state index in [9.17, 15) is 4.39 Å². The average molecular weight is 555 g/mol. The second kappa shape index (κ2) is 10.5. The van der Waals surface area contributed by atoms with Crippen molar-refractivity contribution in [2.75, 3.05) is 50.8 Å². The summed E-state index contributed by atoms with van der Waals surface area (Å²) < 4.78 is 37.2. The Hall–Kier alpha value is -3.87. The van der Waals surface area contributed by atoms with E-state index in [1.54, 1.807) is 6.20 Å². The Morgan fingerprint density at radius 1 is 1.10 bits per heavy atom. The van der Waals surface area contributed by atoms with Crippen LogP contribution in [-0.2, 0) is 0 Å². The van der Waals surface area contributed by atoms with Crippen LogP contribution in [0.2, 0.25) is 0 Å². The van der Waals surface area contributed by atoms with Crippen LogP contribution < -0.4 is 15.0 Å². The molecule has 0 spiro atoms. The summed E-state index contributed by atoms with van der Waals surface area (Å²) in [5.74, 6) is 2.78. The monoisotopic (exact) mass is 554 g/mol. The van der Waals surface area contributed by atoms with E-state index in [1.165, 1.54) is 0 Å². The predicted octanol–water partition coefficient (Wildman–Crippen LogP) is 4.72. The van der Waals surface area contributed by atoms with Crippen LogP contribution in [0, 0.1) is 18.2 Å². The van der Waals surface area contributed by atoms with Gasteiger partial charge in [0.15, 0.2) is 5.82 Å². The van der Waals surface area contributed by atoms with Gasteiger partial charge in [0.2, 0.25) is 0 Å². The molecule has 0 amide bonds. The summed E-state index contributed by atoms with van der Waals surface area (Å²) >= 11 is 0. The normalized spacial score (nSPS) is 23.0. The van der Waals surface area contributed by atoms with Gasteiger partial charge in [0.05, 0.1) is 10.9 Å². The maximum Gasteiger partial charge on any atom is 0.319 e. The fourth-order valence-electron chi connectivity index (χ4n) is 6.88. The van der Waals surface area contributed by atoms with Crippen molar-refractivity contribution >= 4 is 27.5 Å². The van der Waals surface area contributed by atoms with E-state index in [1.807, 2.05) is 36.4 Å². The van der Waals surface area contributed by atoms with Crippen molar-refractivity contribution < 1.29 is 13.5 Å². The minimum atomic E-state index is -0.865. The number of benzene rings is 2. The van der Waals surface area contributed by atoms with Crippen LogP contribution in [0.4, 0.5) is 14.6 Å². The van der Waals surface area contributed by atoms with Gasteiger partial charge in [0, 0.05) is 55.3 Å². The molecule has 3 aliphatic rings. The van der Waals surface area contributed by atoms with Gasteiger partial charge in [0.1, 0.15) is 29.8 Å². The Bertz CT molecular complexity index is 1660. The molecule has 1 unspecified atom stereocenters. The van der Waals surface area contributed by atoms with Gasteiger partial charge in [-0.15, -0.1) is 6.42 Å². The number of hydrogen-bond acceptors (Lipinski definition) is 7. The van der Waals surface area contributed by atoms with Crippen molar-refractivity contribution in [1.82, 2.24) is 25.2 Å². The zero-order valence-electron chi connectivity index (χ0n) is 22.9. The molecule has 7 nitrogen and oxygen atoms in total. The molecule has 5 heterocycles. The van der Waals surface area contributed by atoms with Gasteiger partial charge in [0.25, 0.3) is 0 Å². The van der Waals surface area contributed by atoms with Crippen molar-refractivity contribution in [3.05, 3.63) is 54.0 Å². The minimum absolute atomic E-state index is 0.103. The number of fused-ring (bicyclic) bond motifs is 3. The van der Waals surface area contributed by atoms with E-state index in [0.717, 1.165) is 56.2 Å². The Morgan fingerprint density at radius 2 is 1.98 bits per heavy atom. The number of alkyl halides is 1. The molecular weight excluding hydrogens is 522 g/mol. The lowest BCUT2D eigenvalue weighted by Gasteiger charge is -2.31. The Kier molecular flexibility index (Phi) is 6.68. The van der Waals surface area contributed by atoms with Gasteiger partial charge in [-0.3, -0.25) is 9.88 Å². The van der Waals surface area contributed by atoms with E-state index in [-0.39, 0.29) is 29.4 Å². The van der Waals surface area contributed by atoms with Gasteiger partial charge in [-0.25, -0.2) is 8.78 Å². The van der Waals surface area contributed by atoms with Crippen LogP contribution in [0.25, 0.3) is 32.9 Å². The molecule has 210 valence electrons. The molecule has 3 fully saturated rings. The maximum absolute atomic E-state index is 16.6. The van der Waals surface area contributed by atoms with Gasteiger partial charge >= 0.3 is 6.01 Å². The van der Waals surface area contributed by atoms with Crippen molar-refractivity contribution in [3.63, 3.8) is 0 Å². The largest absolute Gasteiger partial charge is 0.461 e. The molecule has 2 aromatic heterocycles. The van der Waals surface area contributed by atoms with Crippen LogP contribution in [0.1, 0.15) is 31.2 Å². The maximum atomic E-state index is 16.6. The number of terminal acetylenes is 1. The molecule has 0 aliphatic carbocycles. The quantitative estimate of drug-likeness (QED) is 0.358. The van der Waals surface area contributed by atoms with Crippen LogP contribution in [-0.4, -0.2) is 77.4 Å². The number of rotatable bonds is 5. The number of nitrogens with zero attached hydrogens (tertiary/aromatic N) is 5. The number of ether oxygens (including phenoxy) is 1. The molecule has 0 saturated carbocycles. The molecule has 0 radical (unpaired) electrons. The summed E-state index contributed by atoms with van der Waals surface area (Å²) in [6, 6.07) is 11.5. The van der Waals surface area contributed by atoms with E-state index in [2.05, 4.69) is 31.0 Å². The smallest absolute Gasteiger partial charge is 0.319 e. The van der Waals surface area contributed by atoms with Crippen LogP contribution in [0.15, 0.2) is 42.6 Å². The lowest BCUT2D eigenvalue weighted by molar-refractivity contribution is 0.107. The van der Waals surface area contributed by atoms with Crippen molar-refractivity contribution in [3.8, 4) is 29.6 Å². The molecule has 2 aromatic carbocycles. The molecular formula is C32H32F2N6O.